The number of hydrogen-bond donors (Lipinski definition) is 1. The molecule has 0 unspecified atom stereocenters. The van der Waals surface area contributed by atoms with Gasteiger partial charge in [0.15, 0.2) is 0 Å². The summed E-state index contributed by atoms with van der Waals surface area (Å²) in [6.45, 7) is 3.70. The molecule has 0 saturated carbocycles. The van der Waals surface area contributed by atoms with Gasteiger partial charge in [0.05, 0.1) is 18.4 Å². The summed E-state index contributed by atoms with van der Waals surface area (Å²) >= 11 is 0. The Kier molecular flexibility index (Phi) is 5.46. The van der Waals surface area contributed by atoms with Crippen LogP contribution in [0.1, 0.15) is 40.6 Å². The van der Waals surface area contributed by atoms with Crippen molar-refractivity contribution in [1.29, 1.82) is 0 Å². The third-order valence-corrected chi connectivity index (χ3v) is 4.52. The van der Waals surface area contributed by atoms with E-state index in [4.69, 9.17) is 4.74 Å². The minimum absolute atomic E-state index is 0.0939. The molecular weight excluding hydrogens is 332 g/mol. The fraction of sp³-hybridized carbons (Fsp3) is 0.368. The van der Waals surface area contributed by atoms with Gasteiger partial charge in [-0.1, -0.05) is 19.1 Å². The highest BCUT2D eigenvalue weighted by Gasteiger charge is 2.22. The third kappa shape index (κ3) is 3.99. The number of piperidine rings is 1. The number of rotatable bonds is 4. The molecule has 0 atom stereocenters. The molecule has 1 amide bonds. The number of amides is 1. The SMILES string of the molecule is COC(=O)c1ccccc1Nc1nccc(C(=O)N2CCC(C)CC2)n1. The molecule has 7 heteroatoms. The van der Waals surface area contributed by atoms with E-state index in [-0.39, 0.29) is 11.9 Å². The van der Waals surface area contributed by atoms with Gasteiger partial charge in [-0.3, -0.25) is 4.79 Å². The molecule has 0 aliphatic carbocycles. The Hall–Kier alpha value is -2.96. The molecule has 2 heterocycles. The molecule has 1 aromatic heterocycles. The number of methoxy groups -OCH3 is 1. The first kappa shape index (κ1) is 17.8. The minimum atomic E-state index is -0.456. The van der Waals surface area contributed by atoms with Crippen LogP contribution in [-0.4, -0.2) is 46.9 Å². The van der Waals surface area contributed by atoms with Gasteiger partial charge in [0.25, 0.3) is 5.91 Å². The van der Waals surface area contributed by atoms with Gasteiger partial charge in [-0.2, -0.15) is 0 Å². The predicted molar refractivity (Wildman–Crippen MR) is 97.4 cm³/mol. The summed E-state index contributed by atoms with van der Waals surface area (Å²) in [4.78, 5) is 34.8. The molecule has 1 aliphatic heterocycles. The number of ether oxygens (including phenoxy) is 1. The van der Waals surface area contributed by atoms with Crippen LogP contribution in [0.4, 0.5) is 11.6 Å². The summed E-state index contributed by atoms with van der Waals surface area (Å²) in [7, 11) is 1.33. The topological polar surface area (TPSA) is 84.4 Å². The van der Waals surface area contributed by atoms with Crippen molar-refractivity contribution in [3.63, 3.8) is 0 Å². The number of benzene rings is 1. The summed E-state index contributed by atoms with van der Waals surface area (Å²) in [6.07, 6.45) is 3.55. The van der Waals surface area contributed by atoms with Crippen molar-refractivity contribution < 1.29 is 14.3 Å². The van der Waals surface area contributed by atoms with E-state index in [9.17, 15) is 9.59 Å². The highest BCUT2D eigenvalue weighted by molar-refractivity contribution is 5.96. The minimum Gasteiger partial charge on any atom is -0.465 e. The fourth-order valence-corrected chi connectivity index (χ4v) is 2.91. The second kappa shape index (κ2) is 7.95. The van der Waals surface area contributed by atoms with Crippen molar-refractivity contribution in [2.45, 2.75) is 19.8 Å². The Balaban J connectivity index is 1.78. The van der Waals surface area contributed by atoms with Gasteiger partial charge in [0.2, 0.25) is 5.95 Å². The van der Waals surface area contributed by atoms with Crippen molar-refractivity contribution in [3.05, 3.63) is 47.8 Å². The summed E-state index contributed by atoms with van der Waals surface area (Å²) in [6, 6.07) is 8.53. The molecule has 3 rings (SSSR count). The summed E-state index contributed by atoms with van der Waals surface area (Å²) < 4.78 is 4.78. The van der Waals surface area contributed by atoms with Gasteiger partial charge in [0.1, 0.15) is 5.69 Å². The molecule has 1 saturated heterocycles. The number of nitrogens with zero attached hydrogens (tertiary/aromatic N) is 3. The van der Waals surface area contributed by atoms with Crippen molar-refractivity contribution in [3.8, 4) is 0 Å². The van der Waals surface area contributed by atoms with Crippen LogP contribution in [-0.2, 0) is 4.74 Å². The molecular formula is C19H22N4O3. The average molecular weight is 354 g/mol. The maximum atomic E-state index is 12.7. The number of carbonyl (C=O) groups excluding carboxylic acids is 2. The van der Waals surface area contributed by atoms with E-state index >= 15 is 0 Å². The van der Waals surface area contributed by atoms with Crippen molar-refractivity contribution >= 4 is 23.5 Å². The van der Waals surface area contributed by atoms with Crippen molar-refractivity contribution in [2.75, 3.05) is 25.5 Å². The molecule has 136 valence electrons. The number of carbonyl (C=O) groups is 2. The van der Waals surface area contributed by atoms with Crippen LogP contribution in [0.25, 0.3) is 0 Å². The lowest BCUT2D eigenvalue weighted by Gasteiger charge is -2.30. The van der Waals surface area contributed by atoms with E-state index in [1.54, 1.807) is 30.3 Å². The highest BCUT2D eigenvalue weighted by Crippen LogP contribution is 2.21. The van der Waals surface area contributed by atoms with E-state index in [1.165, 1.54) is 13.3 Å². The first-order valence-corrected chi connectivity index (χ1v) is 8.65. The largest absolute Gasteiger partial charge is 0.465 e. The summed E-state index contributed by atoms with van der Waals surface area (Å²) in [5, 5.41) is 3.00. The lowest BCUT2D eigenvalue weighted by atomic mass is 9.99. The average Bonchev–Trinajstić information content (AvgIpc) is 2.68. The van der Waals surface area contributed by atoms with Gasteiger partial charge in [-0.15, -0.1) is 0 Å². The molecule has 0 radical (unpaired) electrons. The second-order valence-corrected chi connectivity index (χ2v) is 6.40. The lowest BCUT2D eigenvalue weighted by Crippen LogP contribution is -2.38. The Bertz CT molecular complexity index is 801. The first-order valence-electron chi connectivity index (χ1n) is 8.65. The quantitative estimate of drug-likeness (QED) is 0.850. The van der Waals surface area contributed by atoms with Crippen LogP contribution in [0.15, 0.2) is 36.5 Å². The molecule has 1 aromatic carbocycles. The standard InChI is InChI=1S/C19H22N4O3/c1-13-8-11-23(12-9-13)17(24)16-7-10-20-19(22-16)21-15-6-4-3-5-14(15)18(25)26-2/h3-7,10,13H,8-9,11-12H2,1-2H3,(H,20,21,22). The molecule has 1 fully saturated rings. The normalized spacial score (nSPS) is 14.8. The van der Waals surface area contributed by atoms with E-state index in [1.807, 2.05) is 4.90 Å². The van der Waals surface area contributed by atoms with Crippen LogP contribution < -0.4 is 5.32 Å². The third-order valence-electron chi connectivity index (χ3n) is 4.52. The van der Waals surface area contributed by atoms with Crippen LogP contribution in [0, 0.1) is 5.92 Å². The number of likely N-dealkylation sites (tertiary alicyclic amines) is 1. The number of hydrogen-bond acceptors (Lipinski definition) is 6. The molecule has 0 spiro atoms. The van der Waals surface area contributed by atoms with Crippen LogP contribution in [0.3, 0.4) is 0 Å². The molecule has 7 nitrogen and oxygen atoms in total. The Morgan fingerprint density at radius 1 is 1.19 bits per heavy atom. The van der Waals surface area contributed by atoms with Crippen LogP contribution in [0.5, 0.6) is 0 Å². The van der Waals surface area contributed by atoms with E-state index in [0.29, 0.717) is 22.9 Å². The van der Waals surface area contributed by atoms with Gasteiger partial charge in [-0.05, 0) is 37.0 Å². The van der Waals surface area contributed by atoms with Crippen molar-refractivity contribution in [1.82, 2.24) is 14.9 Å². The first-order chi connectivity index (χ1) is 12.6. The number of anilines is 2. The maximum Gasteiger partial charge on any atom is 0.339 e. The Morgan fingerprint density at radius 2 is 1.92 bits per heavy atom. The number of aromatic nitrogens is 2. The molecule has 0 bridgehead atoms. The number of para-hydroxylation sites is 1. The molecule has 26 heavy (non-hydrogen) atoms. The molecule has 2 aromatic rings. The predicted octanol–water partition coefficient (Wildman–Crippen LogP) is 2.88. The summed E-state index contributed by atoms with van der Waals surface area (Å²) in [5.74, 6) is 0.362. The Labute approximate surface area is 152 Å². The zero-order chi connectivity index (χ0) is 18.5. The second-order valence-electron chi connectivity index (χ2n) is 6.40. The smallest absolute Gasteiger partial charge is 0.339 e. The van der Waals surface area contributed by atoms with E-state index in [0.717, 1.165) is 25.9 Å². The van der Waals surface area contributed by atoms with Gasteiger partial charge in [-0.25, -0.2) is 14.8 Å². The van der Waals surface area contributed by atoms with Crippen LogP contribution in [0.2, 0.25) is 0 Å². The van der Waals surface area contributed by atoms with E-state index < -0.39 is 5.97 Å². The number of nitrogens with one attached hydrogen (secondary N) is 1. The lowest BCUT2D eigenvalue weighted by molar-refractivity contribution is 0.0601. The fourth-order valence-electron chi connectivity index (χ4n) is 2.91. The van der Waals surface area contributed by atoms with Gasteiger partial charge in [0, 0.05) is 19.3 Å². The van der Waals surface area contributed by atoms with Crippen LogP contribution >= 0.6 is 0 Å². The molecule has 1 aliphatic rings. The summed E-state index contributed by atoms with van der Waals surface area (Å²) in [5.41, 5.74) is 1.24. The zero-order valence-electron chi connectivity index (χ0n) is 14.9. The van der Waals surface area contributed by atoms with E-state index in [2.05, 4.69) is 22.2 Å². The van der Waals surface area contributed by atoms with Gasteiger partial charge >= 0.3 is 5.97 Å². The molecule has 1 N–H and O–H groups in total. The van der Waals surface area contributed by atoms with Crippen molar-refractivity contribution in [2.24, 2.45) is 5.92 Å². The number of esters is 1. The van der Waals surface area contributed by atoms with Gasteiger partial charge < -0.3 is 15.0 Å². The Morgan fingerprint density at radius 3 is 2.65 bits per heavy atom. The zero-order valence-corrected chi connectivity index (χ0v) is 14.9. The monoisotopic (exact) mass is 354 g/mol. The highest BCUT2D eigenvalue weighted by atomic mass is 16.5. The maximum absolute atomic E-state index is 12.7.